The molecular weight excluding hydrogens is 244 g/mol. The lowest BCUT2D eigenvalue weighted by Gasteiger charge is -2.05. The summed E-state index contributed by atoms with van der Waals surface area (Å²) in [7, 11) is 0. The summed E-state index contributed by atoms with van der Waals surface area (Å²) < 4.78 is 1.39. The quantitative estimate of drug-likeness (QED) is 0.747. The molecule has 0 saturated carbocycles. The van der Waals surface area contributed by atoms with Crippen molar-refractivity contribution in [1.29, 1.82) is 0 Å². The Labute approximate surface area is 108 Å². The largest absolute Gasteiger partial charge is 0.299 e. The summed E-state index contributed by atoms with van der Waals surface area (Å²) in [4.78, 5) is 24.0. The molecule has 0 N–H and O–H groups in total. The molecule has 1 unspecified atom stereocenters. The summed E-state index contributed by atoms with van der Waals surface area (Å²) in [5.41, 5.74) is 1.68. The summed E-state index contributed by atoms with van der Waals surface area (Å²) in [6.07, 6.45) is 2.82. The molecule has 6 heteroatoms. The van der Waals surface area contributed by atoms with Gasteiger partial charge in [-0.05, 0) is 6.92 Å². The number of carbonyl (C=O) groups is 2. The van der Waals surface area contributed by atoms with Crippen molar-refractivity contribution in [1.82, 2.24) is 14.9 Å². The third-order valence-electron chi connectivity index (χ3n) is 3.04. The molecule has 0 spiro atoms. The average molecular weight is 254 g/mol. The lowest BCUT2D eigenvalue weighted by atomic mass is 9.99. The van der Waals surface area contributed by atoms with E-state index in [-0.39, 0.29) is 11.6 Å². The van der Waals surface area contributed by atoms with E-state index in [9.17, 15) is 9.59 Å². The Hall–Kier alpha value is -2.63. The van der Waals surface area contributed by atoms with Gasteiger partial charge in [-0.2, -0.15) is 5.10 Å². The summed E-state index contributed by atoms with van der Waals surface area (Å²) in [5, 5.41) is 11.6. The van der Waals surface area contributed by atoms with Crippen LogP contribution in [0.4, 0.5) is 0 Å². The highest BCUT2D eigenvalue weighted by Crippen LogP contribution is 2.28. The predicted molar refractivity (Wildman–Crippen MR) is 66.9 cm³/mol. The third kappa shape index (κ3) is 1.77. The molecule has 0 saturated heterocycles. The minimum Gasteiger partial charge on any atom is -0.299 e. The van der Waals surface area contributed by atoms with Crippen LogP contribution in [0.5, 0.6) is 0 Å². The van der Waals surface area contributed by atoms with Crippen LogP contribution in [0.1, 0.15) is 22.8 Å². The fraction of sp³-hybridized carbons (Fsp3) is 0.154. The van der Waals surface area contributed by atoms with Crippen LogP contribution in [0.25, 0.3) is 0 Å². The maximum absolute atomic E-state index is 12.2. The Kier molecular flexibility index (Phi) is 2.56. The van der Waals surface area contributed by atoms with Gasteiger partial charge in [0.25, 0.3) is 0 Å². The van der Waals surface area contributed by atoms with E-state index in [4.69, 9.17) is 0 Å². The lowest BCUT2D eigenvalue weighted by Crippen LogP contribution is -2.24. The van der Waals surface area contributed by atoms with E-state index >= 15 is 0 Å². The van der Waals surface area contributed by atoms with E-state index in [2.05, 4.69) is 15.3 Å². The molecule has 1 aliphatic rings. The maximum Gasteiger partial charge on any atom is 0.180 e. The fourth-order valence-corrected chi connectivity index (χ4v) is 2.22. The Morgan fingerprint density at radius 1 is 1.21 bits per heavy atom. The Morgan fingerprint density at radius 3 is 2.47 bits per heavy atom. The van der Waals surface area contributed by atoms with Crippen LogP contribution >= 0.6 is 0 Å². The van der Waals surface area contributed by atoms with Crippen LogP contribution in [-0.4, -0.2) is 32.2 Å². The summed E-state index contributed by atoms with van der Waals surface area (Å²) in [5.74, 6) is -1.25. The highest BCUT2D eigenvalue weighted by atomic mass is 16.2. The number of benzene rings is 1. The second-order valence-corrected chi connectivity index (χ2v) is 4.28. The van der Waals surface area contributed by atoms with Gasteiger partial charge in [0.15, 0.2) is 5.78 Å². The van der Waals surface area contributed by atoms with Crippen molar-refractivity contribution < 1.29 is 9.59 Å². The van der Waals surface area contributed by atoms with Gasteiger partial charge in [-0.1, -0.05) is 24.3 Å². The standard InChI is InChI=1S/C13H10N4O2/c1-8(18)11-12(16-17-6-14-15-7-17)9-4-2-3-5-10(9)13(11)19/h2-7,11H,1H3/b16-12+. The van der Waals surface area contributed by atoms with E-state index < -0.39 is 5.92 Å². The normalized spacial score (nSPS) is 19.7. The zero-order chi connectivity index (χ0) is 13.4. The lowest BCUT2D eigenvalue weighted by molar-refractivity contribution is -0.117. The van der Waals surface area contributed by atoms with Crippen LogP contribution < -0.4 is 0 Å². The first-order chi connectivity index (χ1) is 9.18. The Balaban J connectivity index is 2.20. The van der Waals surface area contributed by atoms with Crippen molar-refractivity contribution in [2.75, 3.05) is 0 Å². The van der Waals surface area contributed by atoms with Crippen molar-refractivity contribution >= 4 is 17.3 Å². The number of Topliss-reactive ketones (excluding diaryl/α,β-unsaturated/α-hetero) is 2. The molecule has 0 radical (unpaired) electrons. The van der Waals surface area contributed by atoms with E-state index in [1.165, 1.54) is 24.3 Å². The topological polar surface area (TPSA) is 77.2 Å². The predicted octanol–water partition coefficient (Wildman–Crippen LogP) is 0.932. The zero-order valence-corrected chi connectivity index (χ0v) is 10.1. The van der Waals surface area contributed by atoms with Crippen molar-refractivity contribution in [3.63, 3.8) is 0 Å². The SMILES string of the molecule is CC(=O)C1C(=O)c2ccccc2/C1=N\n1cnnc1. The van der Waals surface area contributed by atoms with E-state index in [1.807, 2.05) is 6.07 Å². The van der Waals surface area contributed by atoms with Gasteiger partial charge >= 0.3 is 0 Å². The smallest absolute Gasteiger partial charge is 0.180 e. The molecule has 0 bridgehead atoms. The van der Waals surface area contributed by atoms with Crippen LogP contribution in [0, 0.1) is 5.92 Å². The molecule has 1 atom stereocenters. The number of ketones is 2. The molecule has 6 nitrogen and oxygen atoms in total. The molecule has 0 fully saturated rings. The number of carbonyl (C=O) groups excluding carboxylic acids is 2. The van der Waals surface area contributed by atoms with Crippen LogP contribution in [0.3, 0.4) is 0 Å². The fourth-order valence-electron chi connectivity index (χ4n) is 2.22. The molecule has 0 amide bonds. The summed E-state index contributed by atoms with van der Waals surface area (Å²) >= 11 is 0. The first-order valence-electron chi connectivity index (χ1n) is 5.76. The maximum atomic E-state index is 12.2. The molecule has 1 aromatic heterocycles. The van der Waals surface area contributed by atoms with Gasteiger partial charge in [0.2, 0.25) is 0 Å². The number of nitrogens with zero attached hydrogens (tertiary/aromatic N) is 4. The van der Waals surface area contributed by atoms with Crippen molar-refractivity contribution in [3.05, 3.63) is 48.0 Å². The summed E-state index contributed by atoms with van der Waals surface area (Å²) in [6.45, 7) is 1.40. The Bertz CT molecular complexity index is 688. The minimum absolute atomic E-state index is 0.199. The van der Waals surface area contributed by atoms with E-state index in [0.29, 0.717) is 16.8 Å². The van der Waals surface area contributed by atoms with Crippen molar-refractivity contribution in [2.24, 2.45) is 11.0 Å². The Morgan fingerprint density at radius 2 is 1.84 bits per heavy atom. The van der Waals surface area contributed by atoms with Gasteiger partial charge < -0.3 is 0 Å². The number of hydrogen-bond donors (Lipinski definition) is 0. The highest BCUT2D eigenvalue weighted by molar-refractivity contribution is 6.36. The molecule has 19 heavy (non-hydrogen) atoms. The molecule has 0 aliphatic heterocycles. The van der Waals surface area contributed by atoms with Crippen molar-refractivity contribution in [3.8, 4) is 0 Å². The second kappa shape index (κ2) is 4.24. The third-order valence-corrected chi connectivity index (χ3v) is 3.04. The number of aromatic nitrogens is 3. The molecular formula is C13H10N4O2. The molecule has 1 aliphatic carbocycles. The highest BCUT2D eigenvalue weighted by Gasteiger charge is 2.39. The van der Waals surface area contributed by atoms with Gasteiger partial charge in [0, 0.05) is 11.1 Å². The minimum atomic E-state index is -0.834. The van der Waals surface area contributed by atoms with Crippen LogP contribution in [0.2, 0.25) is 0 Å². The van der Waals surface area contributed by atoms with Gasteiger partial charge in [-0.15, -0.1) is 10.2 Å². The summed E-state index contributed by atoms with van der Waals surface area (Å²) in [6, 6.07) is 7.09. The zero-order valence-electron chi connectivity index (χ0n) is 10.1. The van der Waals surface area contributed by atoms with Gasteiger partial charge in [-0.3, -0.25) is 9.59 Å². The number of rotatable bonds is 2. The number of hydrogen-bond acceptors (Lipinski definition) is 5. The van der Waals surface area contributed by atoms with Gasteiger partial charge in [0.05, 0.1) is 5.71 Å². The monoisotopic (exact) mass is 254 g/mol. The first-order valence-corrected chi connectivity index (χ1v) is 5.76. The van der Waals surface area contributed by atoms with Gasteiger partial charge in [-0.25, -0.2) is 4.68 Å². The molecule has 2 aromatic rings. The van der Waals surface area contributed by atoms with Crippen molar-refractivity contribution in [2.45, 2.75) is 6.92 Å². The second-order valence-electron chi connectivity index (χ2n) is 4.28. The van der Waals surface area contributed by atoms with Crippen LogP contribution in [-0.2, 0) is 4.79 Å². The number of fused-ring (bicyclic) bond motifs is 1. The van der Waals surface area contributed by atoms with E-state index in [0.717, 1.165) is 0 Å². The molecule has 1 aromatic carbocycles. The van der Waals surface area contributed by atoms with Gasteiger partial charge in [0.1, 0.15) is 24.4 Å². The molecule has 94 valence electrons. The van der Waals surface area contributed by atoms with Crippen LogP contribution in [0.15, 0.2) is 42.0 Å². The average Bonchev–Trinajstić information content (AvgIpc) is 2.98. The first kappa shape index (κ1) is 11.5. The molecule has 3 rings (SSSR count). The molecule has 1 heterocycles. The van der Waals surface area contributed by atoms with E-state index in [1.54, 1.807) is 18.2 Å².